The molecule has 30 heavy (non-hydrogen) atoms. The number of nitrogens with one attached hydrogen (secondary N) is 1. The van der Waals surface area contributed by atoms with Gasteiger partial charge in [-0.3, -0.25) is 14.2 Å². The van der Waals surface area contributed by atoms with Gasteiger partial charge in [0.1, 0.15) is 17.0 Å². The average Bonchev–Trinajstić information content (AvgIpc) is 3.19. The fourth-order valence-corrected chi connectivity index (χ4v) is 3.00. The van der Waals surface area contributed by atoms with Crippen molar-refractivity contribution in [1.29, 1.82) is 0 Å². The van der Waals surface area contributed by atoms with Gasteiger partial charge in [0, 0.05) is 18.7 Å². The summed E-state index contributed by atoms with van der Waals surface area (Å²) in [7, 11) is 1.57. The molecule has 0 bridgehead atoms. The van der Waals surface area contributed by atoms with Crippen LogP contribution in [0.4, 0.5) is 10.1 Å². The van der Waals surface area contributed by atoms with E-state index in [0.717, 1.165) is 0 Å². The maximum atomic E-state index is 13.1. The molecule has 0 spiro atoms. The fraction of sp³-hybridized carbons (Fsp3) is 0.143. The number of aryl methyl sites for hydroxylation is 1. The molecule has 0 atom stereocenters. The van der Waals surface area contributed by atoms with Crippen molar-refractivity contribution in [3.63, 3.8) is 0 Å². The molecule has 1 N–H and O–H groups in total. The second-order valence-corrected chi connectivity index (χ2v) is 6.54. The topological polar surface area (TPSA) is 91.0 Å². The smallest absolute Gasteiger partial charge is 0.264 e. The summed E-state index contributed by atoms with van der Waals surface area (Å²) in [5.74, 6) is 0.104. The second-order valence-electron chi connectivity index (χ2n) is 6.54. The number of anilines is 1. The van der Waals surface area contributed by atoms with Gasteiger partial charge in [-0.2, -0.15) is 5.10 Å². The minimum atomic E-state index is -0.363. The van der Waals surface area contributed by atoms with E-state index in [1.807, 2.05) is 0 Å². The number of amides is 1. The van der Waals surface area contributed by atoms with Crippen LogP contribution in [-0.4, -0.2) is 32.3 Å². The zero-order valence-corrected chi connectivity index (χ0v) is 16.1. The molecule has 8 nitrogen and oxygen atoms in total. The lowest BCUT2D eigenvalue weighted by atomic mass is 10.3. The van der Waals surface area contributed by atoms with Crippen LogP contribution >= 0.6 is 0 Å². The van der Waals surface area contributed by atoms with Crippen molar-refractivity contribution in [3.05, 3.63) is 77.2 Å². The normalized spacial score (nSPS) is 10.9. The highest BCUT2D eigenvalue weighted by Crippen LogP contribution is 2.16. The van der Waals surface area contributed by atoms with Crippen molar-refractivity contribution >= 4 is 22.6 Å². The minimum Gasteiger partial charge on any atom is -0.497 e. The quantitative estimate of drug-likeness (QED) is 0.531. The number of fused-ring (bicyclic) bond motifs is 1. The summed E-state index contributed by atoms with van der Waals surface area (Å²) in [6, 6.07) is 12.7. The van der Waals surface area contributed by atoms with Gasteiger partial charge in [-0.25, -0.2) is 14.1 Å². The number of benzene rings is 2. The number of halogens is 1. The lowest BCUT2D eigenvalue weighted by Crippen LogP contribution is -2.23. The number of hydrogen-bond acceptors (Lipinski definition) is 5. The Morgan fingerprint density at radius 3 is 2.57 bits per heavy atom. The average molecular weight is 407 g/mol. The third-order valence-electron chi connectivity index (χ3n) is 4.58. The molecule has 9 heteroatoms. The summed E-state index contributed by atoms with van der Waals surface area (Å²) in [5, 5.41) is 7.28. The summed E-state index contributed by atoms with van der Waals surface area (Å²) < 4.78 is 21.1. The molecule has 2 aromatic heterocycles. The Labute approximate surface area is 170 Å². The van der Waals surface area contributed by atoms with Crippen molar-refractivity contribution in [2.24, 2.45) is 0 Å². The van der Waals surface area contributed by atoms with Gasteiger partial charge in [-0.1, -0.05) is 0 Å². The first-order valence-electron chi connectivity index (χ1n) is 9.18. The van der Waals surface area contributed by atoms with Crippen molar-refractivity contribution < 1.29 is 13.9 Å². The molecule has 2 heterocycles. The van der Waals surface area contributed by atoms with Gasteiger partial charge in [-0.05, 0) is 48.5 Å². The van der Waals surface area contributed by atoms with Gasteiger partial charge in [0.15, 0.2) is 5.65 Å². The molecular weight excluding hydrogens is 389 g/mol. The number of ether oxygens (including phenoxy) is 1. The Morgan fingerprint density at radius 2 is 1.87 bits per heavy atom. The van der Waals surface area contributed by atoms with E-state index in [1.54, 1.807) is 43.5 Å². The zero-order valence-electron chi connectivity index (χ0n) is 16.1. The lowest BCUT2D eigenvalue weighted by molar-refractivity contribution is -0.116. The fourth-order valence-electron chi connectivity index (χ4n) is 3.00. The van der Waals surface area contributed by atoms with Crippen LogP contribution in [0.25, 0.3) is 16.7 Å². The molecule has 4 rings (SSSR count). The van der Waals surface area contributed by atoms with E-state index in [0.29, 0.717) is 28.2 Å². The number of carbonyl (C=O) groups is 1. The number of methoxy groups -OCH3 is 1. The van der Waals surface area contributed by atoms with E-state index < -0.39 is 0 Å². The Balaban J connectivity index is 1.48. The van der Waals surface area contributed by atoms with Crippen molar-refractivity contribution in [3.8, 4) is 11.4 Å². The van der Waals surface area contributed by atoms with E-state index in [2.05, 4.69) is 15.4 Å². The van der Waals surface area contributed by atoms with Gasteiger partial charge in [0.2, 0.25) is 5.91 Å². The molecule has 0 aliphatic rings. The lowest BCUT2D eigenvalue weighted by Gasteiger charge is -2.08. The highest BCUT2D eigenvalue weighted by atomic mass is 19.1. The molecule has 0 saturated carbocycles. The van der Waals surface area contributed by atoms with E-state index in [9.17, 15) is 14.0 Å². The molecule has 4 aromatic rings. The van der Waals surface area contributed by atoms with Crippen LogP contribution in [0.15, 0.2) is 65.8 Å². The van der Waals surface area contributed by atoms with Crippen LogP contribution in [0.2, 0.25) is 0 Å². The second kappa shape index (κ2) is 8.16. The van der Waals surface area contributed by atoms with Crippen molar-refractivity contribution in [2.75, 3.05) is 12.4 Å². The highest BCUT2D eigenvalue weighted by Gasteiger charge is 2.12. The monoisotopic (exact) mass is 407 g/mol. The first-order valence-corrected chi connectivity index (χ1v) is 9.18. The van der Waals surface area contributed by atoms with Crippen LogP contribution < -0.4 is 15.6 Å². The molecular formula is C21H18FN5O3. The molecule has 2 aromatic carbocycles. The molecule has 0 fully saturated rings. The molecule has 0 aliphatic heterocycles. The minimum absolute atomic E-state index is 0.102. The summed E-state index contributed by atoms with van der Waals surface area (Å²) in [6.45, 7) is 0.172. The van der Waals surface area contributed by atoms with Crippen molar-refractivity contribution in [1.82, 2.24) is 19.3 Å². The first-order chi connectivity index (χ1) is 14.5. The van der Waals surface area contributed by atoms with Crippen molar-refractivity contribution in [2.45, 2.75) is 13.0 Å². The number of nitrogens with zero attached hydrogens (tertiary/aromatic N) is 4. The summed E-state index contributed by atoms with van der Waals surface area (Å²) in [4.78, 5) is 29.2. The Kier molecular flexibility index (Phi) is 5.25. The standard InChI is InChI=1S/C21H18FN5O3/c1-30-17-8-4-15(5-9-17)25-19(28)10-11-26-13-23-20-18(21(26)29)12-24-27(20)16-6-2-14(22)3-7-16/h2-9,12-13H,10-11H2,1H3,(H,25,28). The summed E-state index contributed by atoms with van der Waals surface area (Å²) >= 11 is 0. The van der Waals surface area contributed by atoms with Crippen LogP contribution in [0.1, 0.15) is 6.42 Å². The van der Waals surface area contributed by atoms with Crippen LogP contribution in [-0.2, 0) is 11.3 Å². The molecule has 1 amide bonds. The molecule has 0 radical (unpaired) electrons. The zero-order chi connectivity index (χ0) is 21.1. The number of aromatic nitrogens is 4. The van der Waals surface area contributed by atoms with Gasteiger partial charge in [-0.15, -0.1) is 0 Å². The molecule has 0 unspecified atom stereocenters. The van der Waals surface area contributed by atoms with Gasteiger partial charge < -0.3 is 10.1 Å². The van der Waals surface area contributed by atoms with Gasteiger partial charge >= 0.3 is 0 Å². The van der Waals surface area contributed by atoms with E-state index in [-0.39, 0.29) is 30.2 Å². The van der Waals surface area contributed by atoms with Crippen LogP contribution in [0.3, 0.4) is 0 Å². The largest absolute Gasteiger partial charge is 0.497 e. The third-order valence-corrected chi connectivity index (χ3v) is 4.58. The number of carbonyl (C=O) groups excluding carboxylic acids is 1. The first kappa shape index (κ1) is 19.3. The Morgan fingerprint density at radius 1 is 1.13 bits per heavy atom. The summed E-state index contributed by atoms with van der Waals surface area (Å²) in [6.07, 6.45) is 2.90. The Hall–Kier alpha value is -4.01. The molecule has 0 saturated heterocycles. The molecule has 152 valence electrons. The predicted molar refractivity (Wildman–Crippen MR) is 109 cm³/mol. The maximum absolute atomic E-state index is 13.1. The number of rotatable bonds is 6. The van der Waals surface area contributed by atoms with E-state index in [4.69, 9.17) is 4.74 Å². The summed E-state index contributed by atoms with van der Waals surface area (Å²) in [5.41, 5.74) is 1.30. The Bertz CT molecular complexity index is 1250. The van der Waals surface area contributed by atoms with Crippen LogP contribution in [0.5, 0.6) is 5.75 Å². The van der Waals surface area contributed by atoms with Gasteiger partial charge in [0.05, 0.1) is 25.3 Å². The van der Waals surface area contributed by atoms with Gasteiger partial charge in [0.25, 0.3) is 5.56 Å². The van der Waals surface area contributed by atoms with Crippen LogP contribution in [0, 0.1) is 5.82 Å². The maximum Gasteiger partial charge on any atom is 0.264 e. The van der Waals surface area contributed by atoms with E-state index >= 15 is 0 Å². The van der Waals surface area contributed by atoms with E-state index in [1.165, 1.54) is 33.9 Å². The SMILES string of the molecule is COc1ccc(NC(=O)CCn2cnc3c(cnn3-c3ccc(F)cc3)c2=O)cc1. The molecule has 0 aliphatic carbocycles. The predicted octanol–water partition coefficient (Wildman–Crippen LogP) is 2.76. The number of hydrogen-bond donors (Lipinski definition) is 1. The highest BCUT2D eigenvalue weighted by molar-refractivity contribution is 5.90. The third kappa shape index (κ3) is 3.90.